The molecule has 6 aromatic carbocycles. The first kappa shape index (κ1) is 59.7. The van der Waals surface area contributed by atoms with Gasteiger partial charge >= 0.3 is 0 Å². The summed E-state index contributed by atoms with van der Waals surface area (Å²) in [6, 6.07) is 13.2. The summed E-state index contributed by atoms with van der Waals surface area (Å²) < 4.78 is 197. The minimum absolute atomic E-state index is 0.00984. The number of nitrogens with two attached hydrogens (primary N) is 1. The maximum atomic E-state index is 12.9. The lowest BCUT2D eigenvalue weighted by Gasteiger charge is -2.15. The minimum atomic E-state index is -5.52. The van der Waals surface area contributed by atoms with E-state index in [1.54, 1.807) is 18.2 Å². The first-order chi connectivity index (χ1) is 33.8. The maximum absolute atomic E-state index is 12.9. The predicted molar refractivity (Wildman–Crippen MR) is 253 cm³/mol. The topological polar surface area (TPSA) is 549 Å². The predicted octanol–water partition coefficient (Wildman–Crippen LogP) is 6.56. The van der Waals surface area contributed by atoms with E-state index in [1.807, 2.05) is 0 Å². The van der Waals surface area contributed by atoms with Gasteiger partial charge in [0.2, 0.25) is 0 Å². The molecule has 0 saturated heterocycles. The van der Waals surface area contributed by atoms with Gasteiger partial charge in [0.15, 0.2) is 11.5 Å². The van der Waals surface area contributed by atoms with Gasteiger partial charge in [-0.2, -0.15) is 55.6 Å². The SMILES string of the molecule is CS(=O)(=O)O.CS(=O)(=O)O.Nc1c(N=Nc2ccc3c(O)c(N=Nc4ccccc4)c(S(=O)(=O)O)cc3c2S(=O)(=O)O)cc(S(=O)(=O)O)c2cc(SOOO)c(N=Nc3ccc([N+](=O)[O-])cc3S(=O)(=O)O)c(O)c12. The molecule has 6 rings (SSSR count). The van der Waals surface area contributed by atoms with Gasteiger partial charge in [-0.25, -0.2) is 5.26 Å². The second kappa shape index (κ2) is 22.7. The Morgan fingerprint density at radius 1 is 0.554 bits per heavy atom. The Bertz CT molecular complexity index is 3990. The zero-order valence-electron chi connectivity index (χ0n) is 36.1. The number of fused-ring (bicyclic) bond motifs is 2. The number of benzene rings is 6. The van der Waals surface area contributed by atoms with Gasteiger partial charge < -0.3 is 15.9 Å². The Labute approximate surface area is 419 Å². The largest absolute Gasteiger partial charge is 0.505 e. The van der Waals surface area contributed by atoms with Crippen LogP contribution in [0, 0.1) is 10.1 Å². The van der Waals surface area contributed by atoms with E-state index >= 15 is 0 Å². The molecular formula is C34H30N8O25S7. The zero-order valence-corrected chi connectivity index (χ0v) is 41.8. The Morgan fingerprint density at radius 2 is 1.07 bits per heavy atom. The van der Waals surface area contributed by atoms with E-state index in [4.69, 9.17) is 20.1 Å². The van der Waals surface area contributed by atoms with Crippen LogP contribution in [0.15, 0.2) is 134 Å². The van der Waals surface area contributed by atoms with Gasteiger partial charge in [-0.15, -0.1) is 29.9 Å². The quantitative estimate of drug-likeness (QED) is 0.0105. The number of nitro benzene ring substituents is 1. The molecule has 0 atom stereocenters. The highest BCUT2D eigenvalue weighted by molar-refractivity contribution is 7.94. The van der Waals surface area contributed by atoms with E-state index < -0.39 is 163 Å². The summed E-state index contributed by atoms with van der Waals surface area (Å²) in [7, 11) is -28.8. The van der Waals surface area contributed by atoms with Crippen molar-refractivity contribution in [2.45, 2.75) is 24.5 Å². The number of hydrogen-bond donors (Lipinski definition) is 10. The van der Waals surface area contributed by atoms with Crippen molar-refractivity contribution in [1.82, 2.24) is 0 Å². The molecule has 74 heavy (non-hydrogen) atoms. The summed E-state index contributed by atoms with van der Waals surface area (Å²) in [6.45, 7) is 0. The number of nitrogen functional groups attached to an aromatic ring is 1. The van der Waals surface area contributed by atoms with Gasteiger partial charge in [0.05, 0.1) is 51.1 Å². The van der Waals surface area contributed by atoms with E-state index in [9.17, 15) is 89.0 Å². The van der Waals surface area contributed by atoms with Crippen LogP contribution in [0.3, 0.4) is 0 Å². The van der Waals surface area contributed by atoms with Crippen molar-refractivity contribution in [3.63, 3.8) is 0 Å². The molecule has 11 N–H and O–H groups in total. The lowest BCUT2D eigenvalue weighted by atomic mass is 10.0. The molecule has 6 aromatic rings. The third kappa shape index (κ3) is 15.8. The average Bonchev–Trinajstić information content (AvgIpc) is 3.24. The summed E-state index contributed by atoms with van der Waals surface area (Å²) in [5, 5.41) is 65.8. The fraction of sp³-hybridized carbons (Fsp3) is 0.0588. The Kier molecular flexibility index (Phi) is 18.3. The van der Waals surface area contributed by atoms with Crippen LogP contribution in [0.4, 0.5) is 45.5 Å². The van der Waals surface area contributed by atoms with Crippen LogP contribution in [0.2, 0.25) is 0 Å². The first-order valence-electron chi connectivity index (χ1n) is 18.3. The van der Waals surface area contributed by atoms with E-state index in [0.717, 1.165) is 30.3 Å². The third-order valence-corrected chi connectivity index (χ3v) is 12.6. The fourth-order valence-electron chi connectivity index (χ4n) is 5.76. The van der Waals surface area contributed by atoms with E-state index in [2.05, 4.69) is 40.1 Å². The number of anilines is 1. The van der Waals surface area contributed by atoms with Gasteiger partial charge in [0.25, 0.3) is 66.4 Å². The van der Waals surface area contributed by atoms with Crippen LogP contribution < -0.4 is 5.73 Å². The van der Waals surface area contributed by atoms with Crippen molar-refractivity contribution < 1.29 is 108 Å². The standard InChI is InChI=1S/C32H22N8O19S5.2CH4O3S/c33-27-21(37-36-20-9-7-16-17(32(20)64(55,56)57)12-25(63(52,53)54)29(30(16)41)39-34-14-4-2-1-3-5-14)13-23(61(46,47)48)18-11-22(60-59-58-45)28(31(42)26(18)27)38-35-19-8-6-15(40(43)44)10-24(19)62(49,50)51;2*1-5(2,3)4/h1-13,41-42,45H,33H2,(H,46,47,48)(H,49,50,51)(H,52,53,54)(H,55,56,57);2*1H3,(H,2,3,4). The highest BCUT2D eigenvalue weighted by Gasteiger charge is 2.30. The number of nitro groups is 1. The second-order valence-corrected chi connectivity index (χ2v) is 23.0. The Hall–Kier alpha value is -6.87. The van der Waals surface area contributed by atoms with Crippen molar-refractivity contribution in [3.8, 4) is 11.5 Å². The minimum Gasteiger partial charge on any atom is -0.505 e. The average molecular weight is 1180 g/mol. The highest BCUT2D eigenvalue weighted by Crippen LogP contribution is 2.51. The molecule has 0 heterocycles. The van der Waals surface area contributed by atoms with Crippen molar-refractivity contribution in [2.24, 2.45) is 30.7 Å². The van der Waals surface area contributed by atoms with Crippen LogP contribution >= 0.6 is 12.0 Å². The normalized spacial score (nSPS) is 12.8. The van der Waals surface area contributed by atoms with Crippen molar-refractivity contribution in [1.29, 1.82) is 0 Å². The number of rotatable bonds is 14. The molecule has 0 aliphatic carbocycles. The molecule has 0 aliphatic rings. The molecule has 0 aromatic heterocycles. The van der Waals surface area contributed by atoms with Crippen molar-refractivity contribution >= 4 is 140 Å². The van der Waals surface area contributed by atoms with Gasteiger partial charge in [-0.3, -0.25) is 37.4 Å². The molecule has 0 spiro atoms. The molecule has 33 nitrogen and oxygen atoms in total. The number of hydrogen-bond acceptors (Lipinski definition) is 27. The molecule has 0 saturated carbocycles. The van der Waals surface area contributed by atoms with Crippen LogP contribution in [0.25, 0.3) is 21.5 Å². The molecule has 0 bridgehead atoms. The third-order valence-electron chi connectivity index (χ3n) is 8.43. The fourth-order valence-corrected chi connectivity index (χ4v) is 9.06. The maximum Gasteiger partial charge on any atom is 0.297 e. The monoisotopic (exact) mass is 1170 g/mol. The van der Waals surface area contributed by atoms with Crippen LogP contribution in [0.1, 0.15) is 0 Å². The van der Waals surface area contributed by atoms with Crippen LogP contribution in [-0.4, -0.2) is 111 Å². The van der Waals surface area contributed by atoms with Gasteiger partial charge in [0, 0.05) is 28.3 Å². The van der Waals surface area contributed by atoms with E-state index in [1.165, 1.54) is 12.1 Å². The number of phenolic OH excluding ortho intramolecular Hbond substituents is 2. The molecule has 0 aliphatic heterocycles. The van der Waals surface area contributed by atoms with Crippen molar-refractivity contribution in [2.75, 3.05) is 18.2 Å². The van der Waals surface area contributed by atoms with Crippen LogP contribution in [0.5, 0.6) is 11.5 Å². The Balaban J connectivity index is 0.00000108. The number of aromatic hydroxyl groups is 2. The second-order valence-electron chi connectivity index (χ2n) is 13.8. The zero-order chi connectivity index (χ0) is 56.1. The molecule has 0 fully saturated rings. The van der Waals surface area contributed by atoms with Gasteiger partial charge in [0.1, 0.15) is 48.0 Å². The molecular weight excluding hydrogens is 1140 g/mol. The van der Waals surface area contributed by atoms with Gasteiger partial charge in [-0.05, 0) is 48.5 Å². The highest BCUT2D eigenvalue weighted by atomic mass is 32.2. The van der Waals surface area contributed by atoms with Crippen LogP contribution in [-0.2, 0) is 70.1 Å². The van der Waals surface area contributed by atoms with E-state index in [0.29, 0.717) is 30.7 Å². The molecule has 40 heteroatoms. The number of nitrogens with zero attached hydrogens (tertiary/aromatic N) is 7. The van der Waals surface area contributed by atoms with Gasteiger partial charge in [-0.1, -0.05) is 23.2 Å². The number of phenols is 2. The summed E-state index contributed by atoms with van der Waals surface area (Å²) in [4.78, 5) is 5.04. The van der Waals surface area contributed by atoms with Crippen molar-refractivity contribution in [3.05, 3.63) is 89.0 Å². The summed E-state index contributed by atoms with van der Waals surface area (Å²) >= 11 is 0.00984. The lowest BCUT2D eigenvalue weighted by molar-refractivity contribution is -0.432. The lowest BCUT2D eigenvalue weighted by Crippen LogP contribution is -2.03. The molecule has 0 unspecified atom stereocenters. The smallest absolute Gasteiger partial charge is 0.297 e. The summed E-state index contributed by atoms with van der Waals surface area (Å²) in [6.07, 6.45) is 1.43. The molecule has 0 radical (unpaired) electrons. The molecule has 0 amide bonds. The first-order valence-corrected chi connectivity index (χ1v) is 28.5. The summed E-state index contributed by atoms with van der Waals surface area (Å²) in [5.74, 6) is -2.22. The van der Waals surface area contributed by atoms with E-state index in [-0.39, 0.29) is 17.7 Å². The Morgan fingerprint density at radius 3 is 1.58 bits per heavy atom. The molecule has 398 valence electrons. The number of azo groups is 3. The number of non-ortho nitro benzene ring substituents is 1. The summed E-state index contributed by atoms with van der Waals surface area (Å²) in [5.41, 5.74) is 0.841.